The van der Waals surface area contributed by atoms with Crippen LogP contribution in [0.15, 0.2) is 24.3 Å². The molecule has 2 rings (SSSR count). The van der Waals surface area contributed by atoms with E-state index >= 15 is 0 Å². The van der Waals surface area contributed by atoms with Crippen LogP contribution in [0.25, 0.3) is 0 Å². The third kappa shape index (κ3) is 1.48. The summed E-state index contributed by atoms with van der Waals surface area (Å²) in [6.45, 7) is 0. The number of hydrogen-bond acceptors (Lipinski definition) is 2. The predicted molar refractivity (Wildman–Crippen MR) is 59.2 cm³/mol. The normalized spacial score (nSPS) is 18.9. The van der Waals surface area contributed by atoms with Crippen LogP contribution in [-0.2, 0) is 4.79 Å². The highest BCUT2D eigenvalue weighted by atomic mass is 32.1. The maximum Gasteiger partial charge on any atom is 0.232 e. The van der Waals surface area contributed by atoms with Gasteiger partial charge in [0.1, 0.15) is 0 Å². The molecule has 1 heterocycles. The lowest BCUT2D eigenvalue weighted by atomic mass is 9.97. The van der Waals surface area contributed by atoms with E-state index in [1.807, 2.05) is 24.3 Å². The van der Waals surface area contributed by atoms with Crippen molar-refractivity contribution in [1.29, 1.82) is 0 Å². The Bertz CT molecular complexity index is 403. The van der Waals surface area contributed by atoms with E-state index in [2.05, 4.69) is 5.32 Å². The summed E-state index contributed by atoms with van der Waals surface area (Å²) in [7, 11) is 0. The van der Waals surface area contributed by atoms with Gasteiger partial charge in [-0.05, 0) is 11.6 Å². The summed E-state index contributed by atoms with van der Waals surface area (Å²) in [5.74, 6) is -0.220. The Balaban J connectivity index is 2.34. The van der Waals surface area contributed by atoms with E-state index in [9.17, 15) is 4.79 Å². The smallest absolute Gasteiger partial charge is 0.232 e. The Morgan fingerprint density at radius 1 is 1.50 bits per heavy atom. The average molecular weight is 206 g/mol. The first-order valence-corrected chi connectivity index (χ1v) is 4.77. The molecule has 72 valence electrons. The molecule has 0 saturated carbocycles. The molecule has 3 nitrogen and oxygen atoms in total. The molecule has 14 heavy (non-hydrogen) atoms. The molecule has 4 heteroatoms. The molecule has 3 N–H and O–H groups in total. The van der Waals surface area contributed by atoms with Crippen LogP contribution in [0.4, 0.5) is 5.69 Å². The van der Waals surface area contributed by atoms with Gasteiger partial charge < -0.3 is 11.1 Å². The highest BCUT2D eigenvalue weighted by Crippen LogP contribution is 2.33. The number of carbonyl (C=O) groups excluding carboxylic acids is 1. The number of rotatable bonds is 2. The largest absolute Gasteiger partial charge is 0.393 e. The summed E-state index contributed by atoms with van der Waals surface area (Å²) in [5, 5.41) is 2.80. The van der Waals surface area contributed by atoms with Crippen LogP contribution < -0.4 is 11.1 Å². The van der Waals surface area contributed by atoms with Gasteiger partial charge in [-0.1, -0.05) is 30.4 Å². The number of nitrogens with two attached hydrogens (primary N) is 1. The van der Waals surface area contributed by atoms with Gasteiger partial charge in [0.2, 0.25) is 5.91 Å². The number of fused-ring (bicyclic) bond motifs is 1. The second-order valence-electron chi connectivity index (χ2n) is 3.30. The van der Waals surface area contributed by atoms with E-state index in [-0.39, 0.29) is 11.8 Å². The van der Waals surface area contributed by atoms with Gasteiger partial charge in [0.05, 0.1) is 10.9 Å². The molecule has 0 bridgehead atoms. The van der Waals surface area contributed by atoms with E-state index in [0.717, 1.165) is 11.3 Å². The Morgan fingerprint density at radius 3 is 2.93 bits per heavy atom. The zero-order valence-corrected chi connectivity index (χ0v) is 8.30. The predicted octanol–water partition coefficient (Wildman–Crippen LogP) is 1.40. The SMILES string of the molecule is NC(=S)C[C@H]1C(=O)Nc2ccccc21. The number of benzene rings is 1. The zero-order valence-electron chi connectivity index (χ0n) is 7.49. The van der Waals surface area contributed by atoms with Gasteiger partial charge in [-0.25, -0.2) is 0 Å². The summed E-state index contributed by atoms with van der Waals surface area (Å²) >= 11 is 4.81. The summed E-state index contributed by atoms with van der Waals surface area (Å²) in [6, 6.07) is 7.61. The Hall–Kier alpha value is -1.42. The lowest BCUT2D eigenvalue weighted by Gasteiger charge is -2.06. The van der Waals surface area contributed by atoms with Crippen LogP contribution in [0, 0.1) is 0 Å². The first kappa shape index (κ1) is 9.15. The first-order chi connectivity index (χ1) is 6.68. The molecule has 1 aliphatic rings. The van der Waals surface area contributed by atoms with Crippen LogP contribution >= 0.6 is 12.2 Å². The van der Waals surface area contributed by atoms with Crippen LogP contribution in [0.3, 0.4) is 0 Å². The van der Waals surface area contributed by atoms with Crippen molar-refractivity contribution in [2.75, 3.05) is 5.32 Å². The molecule has 0 aliphatic carbocycles. The van der Waals surface area contributed by atoms with Crippen LogP contribution in [0.1, 0.15) is 17.9 Å². The molecule has 1 aliphatic heterocycles. The molecule has 1 amide bonds. The second kappa shape index (κ2) is 3.38. The molecule has 0 saturated heterocycles. The standard InChI is InChI=1S/C10H10N2OS/c11-9(14)5-7-6-3-1-2-4-8(6)12-10(7)13/h1-4,7H,5H2,(H2,11,14)(H,12,13)/t7-/m1/s1. The van der Waals surface area contributed by atoms with Gasteiger partial charge in [0, 0.05) is 12.1 Å². The van der Waals surface area contributed by atoms with Gasteiger partial charge in [-0.3, -0.25) is 4.79 Å². The fourth-order valence-corrected chi connectivity index (χ4v) is 1.85. The van der Waals surface area contributed by atoms with Crippen LogP contribution in [-0.4, -0.2) is 10.9 Å². The monoisotopic (exact) mass is 206 g/mol. The van der Waals surface area contributed by atoms with Gasteiger partial charge in [0.25, 0.3) is 0 Å². The topological polar surface area (TPSA) is 55.1 Å². The van der Waals surface area contributed by atoms with Crippen molar-refractivity contribution < 1.29 is 4.79 Å². The minimum absolute atomic E-state index is 0.0148. The summed E-state index contributed by atoms with van der Waals surface area (Å²) < 4.78 is 0. The van der Waals surface area contributed by atoms with Crippen molar-refractivity contribution in [3.8, 4) is 0 Å². The third-order valence-corrected chi connectivity index (χ3v) is 2.48. The molecule has 1 atom stereocenters. The highest BCUT2D eigenvalue weighted by Gasteiger charge is 2.30. The van der Waals surface area contributed by atoms with Crippen LogP contribution in [0.2, 0.25) is 0 Å². The van der Waals surface area contributed by atoms with E-state index in [0.29, 0.717) is 11.4 Å². The molecule has 0 fully saturated rings. The third-order valence-electron chi connectivity index (χ3n) is 2.32. The molecular weight excluding hydrogens is 196 g/mol. The van der Waals surface area contributed by atoms with E-state index in [1.54, 1.807) is 0 Å². The van der Waals surface area contributed by atoms with Gasteiger partial charge in [0.15, 0.2) is 0 Å². The first-order valence-electron chi connectivity index (χ1n) is 4.36. The maximum atomic E-state index is 11.5. The summed E-state index contributed by atoms with van der Waals surface area (Å²) in [5.41, 5.74) is 7.31. The molecular formula is C10H10N2OS. The van der Waals surface area contributed by atoms with Crippen molar-refractivity contribution in [2.45, 2.75) is 12.3 Å². The number of amides is 1. The van der Waals surface area contributed by atoms with E-state index < -0.39 is 0 Å². The van der Waals surface area contributed by atoms with Crippen molar-refractivity contribution >= 4 is 28.8 Å². The Kier molecular flexibility index (Phi) is 2.21. The van der Waals surface area contributed by atoms with Crippen LogP contribution in [0.5, 0.6) is 0 Å². The van der Waals surface area contributed by atoms with Gasteiger partial charge in [-0.2, -0.15) is 0 Å². The highest BCUT2D eigenvalue weighted by molar-refractivity contribution is 7.80. The lowest BCUT2D eigenvalue weighted by Crippen LogP contribution is -2.19. The number of para-hydroxylation sites is 1. The summed E-state index contributed by atoms with van der Waals surface area (Å²) in [4.78, 5) is 11.9. The summed E-state index contributed by atoms with van der Waals surface area (Å²) in [6.07, 6.45) is 0.443. The zero-order chi connectivity index (χ0) is 10.1. The molecule has 1 aromatic rings. The minimum atomic E-state index is -0.205. The van der Waals surface area contributed by atoms with Crippen molar-refractivity contribution in [3.63, 3.8) is 0 Å². The number of nitrogens with one attached hydrogen (secondary N) is 1. The fourth-order valence-electron chi connectivity index (χ4n) is 1.68. The fraction of sp³-hybridized carbons (Fsp3) is 0.200. The average Bonchev–Trinajstić information content (AvgIpc) is 2.43. The number of hydrogen-bond donors (Lipinski definition) is 2. The van der Waals surface area contributed by atoms with Crippen molar-refractivity contribution in [2.24, 2.45) is 5.73 Å². The molecule has 0 aromatic heterocycles. The minimum Gasteiger partial charge on any atom is -0.393 e. The second-order valence-corrected chi connectivity index (χ2v) is 3.82. The quantitative estimate of drug-likeness (QED) is 0.719. The Morgan fingerprint density at radius 2 is 2.21 bits per heavy atom. The lowest BCUT2D eigenvalue weighted by molar-refractivity contribution is -0.116. The van der Waals surface area contributed by atoms with E-state index in [1.165, 1.54) is 0 Å². The maximum absolute atomic E-state index is 11.5. The number of carbonyl (C=O) groups is 1. The molecule has 0 unspecified atom stereocenters. The molecule has 1 aromatic carbocycles. The van der Waals surface area contributed by atoms with E-state index in [4.69, 9.17) is 18.0 Å². The van der Waals surface area contributed by atoms with Gasteiger partial charge in [-0.15, -0.1) is 0 Å². The van der Waals surface area contributed by atoms with Gasteiger partial charge >= 0.3 is 0 Å². The van der Waals surface area contributed by atoms with Crippen molar-refractivity contribution in [1.82, 2.24) is 0 Å². The molecule has 0 spiro atoms. The number of anilines is 1. The molecule has 0 radical (unpaired) electrons. The Labute approximate surface area is 87.3 Å². The number of thiocarbonyl (C=S) groups is 1. The van der Waals surface area contributed by atoms with Crippen molar-refractivity contribution in [3.05, 3.63) is 29.8 Å².